The van der Waals surface area contributed by atoms with Crippen molar-refractivity contribution in [2.75, 3.05) is 0 Å². The Morgan fingerprint density at radius 1 is 1.40 bits per heavy atom. The summed E-state index contributed by atoms with van der Waals surface area (Å²) >= 11 is 4.80. The molecule has 0 radical (unpaired) electrons. The molecule has 0 saturated heterocycles. The Hall–Kier alpha value is -1.000. The average Bonchev–Trinajstić information content (AvgIpc) is 2.64. The van der Waals surface area contributed by atoms with Crippen molar-refractivity contribution in [3.05, 3.63) is 50.4 Å². The van der Waals surface area contributed by atoms with Gasteiger partial charge in [-0.2, -0.15) is 0 Å². The average molecular weight is 282 g/mol. The highest BCUT2D eigenvalue weighted by molar-refractivity contribution is 9.10. The molecule has 0 unspecified atom stereocenters. The van der Waals surface area contributed by atoms with E-state index in [1.165, 1.54) is 11.3 Å². The van der Waals surface area contributed by atoms with Gasteiger partial charge in [0.15, 0.2) is 0 Å². The van der Waals surface area contributed by atoms with E-state index < -0.39 is 0 Å². The summed E-state index contributed by atoms with van der Waals surface area (Å²) in [6.45, 7) is 1.99. The summed E-state index contributed by atoms with van der Waals surface area (Å²) < 4.78 is 0.821. The molecule has 76 valence electrons. The molecule has 0 spiro atoms. The summed E-state index contributed by atoms with van der Waals surface area (Å²) in [7, 11) is 0. The van der Waals surface area contributed by atoms with Crippen molar-refractivity contribution < 1.29 is 4.79 Å². The highest BCUT2D eigenvalue weighted by Gasteiger charge is 2.11. The summed E-state index contributed by atoms with van der Waals surface area (Å²) in [4.78, 5) is 17.8. The fourth-order valence-electron chi connectivity index (χ4n) is 1.23. The first-order valence-electron chi connectivity index (χ1n) is 4.38. The van der Waals surface area contributed by atoms with E-state index in [2.05, 4.69) is 20.9 Å². The molecule has 0 bridgehead atoms. The molecule has 2 aromatic heterocycles. The van der Waals surface area contributed by atoms with Crippen LogP contribution >= 0.6 is 27.3 Å². The minimum atomic E-state index is 0.0295. The number of rotatable bonds is 2. The van der Waals surface area contributed by atoms with Gasteiger partial charge in [-0.05, 0) is 41.1 Å². The van der Waals surface area contributed by atoms with Gasteiger partial charge in [0.1, 0.15) is 0 Å². The van der Waals surface area contributed by atoms with Gasteiger partial charge in [-0.3, -0.25) is 9.78 Å². The number of halogens is 1. The van der Waals surface area contributed by atoms with Gasteiger partial charge in [0, 0.05) is 27.3 Å². The Bertz CT molecular complexity index is 507. The summed E-state index contributed by atoms with van der Waals surface area (Å²) in [6.07, 6.45) is 3.25. The fourth-order valence-corrected chi connectivity index (χ4v) is 2.43. The maximum Gasteiger partial charge on any atom is 0.204 e. The maximum absolute atomic E-state index is 12.0. The van der Waals surface area contributed by atoms with Gasteiger partial charge in [0.05, 0.1) is 4.88 Å². The van der Waals surface area contributed by atoms with Crippen molar-refractivity contribution in [3.63, 3.8) is 0 Å². The first-order chi connectivity index (χ1) is 7.16. The number of carbonyl (C=O) groups is 1. The van der Waals surface area contributed by atoms with Gasteiger partial charge in [-0.15, -0.1) is 11.3 Å². The van der Waals surface area contributed by atoms with Crippen LogP contribution in [0.4, 0.5) is 0 Å². The van der Waals surface area contributed by atoms with Crippen LogP contribution < -0.4 is 0 Å². The first kappa shape index (κ1) is 10.5. The van der Waals surface area contributed by atoms with E-state index in [1.807, 2.05) is 19.1 Å². The van der Waals surface area contributed by atoms with Crippen LogP contribution in [-0.4, -0.2) is 10.8 Å². The van der Waals surface area contributed by atoms with Crippen LogP contribution in [0, 0.1) is 6.92 Å². The molecule has 0 fully saturated rings. The highest BCUT2D eigenvalue weighted by Crippen LogP contribution is 2.20. The standard InChI is InChI=1S/C11H8BrNOS/c1-7-2-3-10(15-7)11(14)8-4-9(12)6-13-5-8/h2-6H,1H3. The van der Waals surface area contributed by atoms with Crippen LogP contribution in [0.3, 0.4) is 0 Å². The second kappa shape index (κ2) is 4.24. The molecule has 0 atom stereocenters. The fraction of sp³-hybridized carbons (Fsp3) is 0.0909. The van der Waals surface area contributed by atoms with Crippen LogP contribution in [0.5, 0.6) is 0 Å². The van der Waals surface area contributed by atoms with E-state index >= 15 is 0 Å². The number of hydrogen-bond acceptors (Lipinski definition) is 3. The van der Waals surface area contributed by atoms with Crippen molar-refractivity contribution in [1.29, 1.82) is 0 Å². The van der Waals surface area contributed by atoms with Gasteiger partial charge in [-0.1, -0.05) is 0 Å². The van der Waals surface area contributed by atoms with E-state index in [0.29, 0.717) is 5.56 Å². The normalized spacial score (nSPS) is 10.3. The van der Waals surface area contributed by atoms with E-state index in [4.69, 9.17) is 0 Å². The molecule has 0 saturated carbocycles. The number of carbonyl (C=O) groups excluding carboxylic acids is 1. The zero-order valence-electron chi connectivity index (χ0n) is 8.03. The summed E-state index contributed by atoms with van der Waals surface area (Å²) in [5.74, 6) is 0.0295. The SMILES string of the molecule is Cc1ccc(C(=O)c2cncc(Br)c2)s1. The first-order valence-corrected chi connectivity index (χ1v) is 5.99. The molecule has 0 aromatic carbocycles. The molecular formula is C11H8BrNOS. The molecule has 0 aliphatic carbocycles. The number of pyridine rings is 1. The molecule has 0 aliphatic heterocycles. The minimum Gasteiger partial charge on any atom is -0.288 e. The lowest BCUT2D eigenvalue weighted by molar-refractivity contribution is 0.104. The molecule has 4 heteroatoms. The third-order valence-corrected chi connectivity index (χ3v) is 3.36. The number of ketones is 1. The second-order valence-corrected chi connectivity index (χ2v) is 5.33. The lowest BCUT2D eigenvalue weighted by Crippen LogP contribution is -1.98. The summed E-state index contributed by atoms with van der Waals surface area (Å²) in [5.41, 5.74) is 0.617. The molecular weight excluding hydrogens is 274 g/mol. The van der Waals surface area contributed by atoms with E-state index in [9.17, 15) is 4.79 Å². The van der Waals surface area contributed by atoms with E-state index in [0.717, 1.165) is 14.2 Å². The molecule has 0 aliphatic rings. The zero-order chi connectivity index (χ0) is 10.8. The minimum absolute atomic E-state index is 0.0295. The van der Waals surface area contributed by atoms with Gasteiger partial charge in [-0.25, -0.2) is 0 Å². The summed E-state index contributed by atoms with van der Waals surface area (Å²) in [6, 6.07) is 5.58. The molecule has 2 nitrogen and oxygen atoms in total. The lowest BCUT2D eigenvalue weighted by Gasteiger charge is -1.97. The monoisotopic (exact) mass is 281 g/mol. The Morgan fingerprint density at radius 3 is 2.80 bits per heavy atom. The van der Waals surface area contributed by atoms with Crippen molar-refractivity contribution >= 4 is 33.0 Å². The van der Waals surface area contributed by atoms with Crippen molar-refractivity contribution in [2.24, 2.45) is 0 Å². The molecule has 0 amide bonds. The zero-order valence-corrected chi connectivity index (χ0v) is 10.4. The Labute approximate surface area is 100 Å². The highest BCUT2D eigenvalue weighted by atomic mass is 79.9. The number of aryl methyl sites for hydroxylation is 1. The predicted molar refractivity (Wildman–Crippen MR) is 64.4 cm³/mol. The van der Waals surface area contributed by atoms with Gasteiger partial charge >= 0.3 is 0 Å². The van der Waals surface area contributed by atoms with Crippen LogP contribution in [0.15, 0.2) is 35.1 Å². The number of thiophene rings is 1. The molecule has 2 heterocycles. The van der Waals surface area contributed by atoms with Gasteiger partial charge in [0.2, 0.25) is 5.78 Å². The number of hydrogen-bond donors (Lipinski definition) is 0. The quantitative estimate of drug-likeness (QED) is 0.790. The molecule has 0 N–H and O–H groups in total. The van der Waals surface area contributed by atoms with Crippen LogP contribution in [-0.2, 0) is 0 Å². The smallest absolute Gasteiger partial charge is 0.204 e. The Kier molecular flexibility index (Phi) is 2.98. The van der Waals surface area contributed by atoms with E-state index in [1.54, 1.807) is 18.5 Å². The second-order valence-electron chi connectivity index (χ2n) is 3.13. The third kappa shape index (κ3) is 2.33. The van der Waals surface area contributed by atoms with E-state index in [-0.39, 0.29) is 5.78 Å². The third-order valence-electron chi connectivity index (χ3n) is 1.93. The van der Waals surface area contributed by atoms with Crippen LogP contribution in [0.2, 0.25) is 0 Å². The van der Waals surface area contributed by atoms with Crippen molar-refractivity contribution in [1.82, 2.24) is 4.98 Å². The lowest BCUT2D eigenvalue weighted by atomic mass is 10.1. The largest absolute Gasteiger partial charge is 0.288 e. The van der Waals surface area contributed by atoms with Crippen molar-refractivity contribution in [3.8, 4) is 0 Å². The van der Waals surface area contributed by atoms with Gasteiger partial charge < -0.3 is 0 Å². The Morgan fingerprint density at radius 2 is 2.20 bits per heavy atom. The topological polar surface area (TPSA) is 30.0 Å². The van der Waals surface area contributed by atoms with Crippen LogP contribution in [0.1, 0.15) is 20.1 Å². The van der Waals surface area contributed by atoms with Crippen molar-refractivity contribution in [2.45, 2.75) is 6.92 Å². The number of nitrogens with zero attached hydrogens (tertiary/aromatic N) is 1. The Balaban J connectivity index is 2.36. The number of aromatic nitrogens is 1. The summed E-state index contributed by atoms with van der Waals surface area (Å²) in [5, 5.41) is 0. The molecule has 2 aromatic rings. The predicted octanol–water partition coefficient (Wildman–Crippen LogP) is 3.45. The maximum atomic E-state index is 12.0. The van der Waals surface area contributed by atoms with Crippen LogP contribution in [0.25, 0.3) is 0 Å². The molecule has 2 rings (SSSR count). The molecule has 15 heavy (non-hydrogen) atoms. The van der Waals surface area contributed by atoms with Gasteiger partial charge in [0.25, 0.3) is 0 Å².